The Hall–Kier alpha value is -0.170. The van der Waals surface area contributed by atoms with Gasteiger partial charge < -0.3 is 15.4 Å². The van der Waals surface area contributed by atoms with Crippen molar-refractivity contribution in [3.8, 4) is 0 Å². The number of hydrogen-bond acceptors (Lipinski definition) is 5. The van der Waals surface area contributed by atoms with Crippen LogP contribution in [0.25, 0.3) is 0 Å². The normalized spacial score (nSPS) is 30.4. The fourth-order valence-electron chi connectivity index (χ4n) is 2.66. The highest BCUT2D eigenvalue weighted by Crippen LogP contribution is 2.49. The molecular weight excluding hydrogens is 264 g/mol. The van der Waals surface area contributed by atoms with Crippen molar-refractivity contribution >= 4 is 9.84 Å². The van der Waals surface area contributed by atoms with Gasteiger partial charge in [0, 0.05) is 36.9 Å². The van der Waals surface area contributed by atoms with Gasteiger partial charge in [0.15, 0.2) is 0 Å². The Morgan fingerprint density at radius 2 is 2.00 bits per heavy atom. The van der Waals surface area contributed by atoms with Crippen molar-refractivity contribution in [2.45, 2.75) is 38.8 Å². The maximum absolute atomic E-state index is 11.2. The van der Waals surface area contributed by atoms with Crippen LogP contribution in [0, 0.1) is 5.41 Å². The van der Waals surface area contributed by atoms with Crippen LogP contribution in [0.1, 0.15) is 27.2 Å². The third-order valence-corrected chi connectivity index (χ3v) is 5.33. The summed E-state index contributed by atoms with van der Waals surface area (Å²) >= 11 is 0. The molecule has 0 aromatic carbocycles. The van der Waals surface area contributed by atoms with E-state index in [1.165, 1.54) is 6.26 Å². The molecule has 0 saturated heterocycles. The summed E-state index contributed by atoms with van der Waals surface area (Å²) in [5.74, 6) is 0.175. The van der Waals surface area contributed by atoms with Crippen LogP contribution in [0.15, 0.2) is 0 Å². The summed E-state index contributed by atoms with van der Waals surface area (Å²) in [5.41, 5.74) is 6.08. The van der Waals surface area contributed by atoms with E-state index in [-0.39, 0.29) is 22.8 Å². The van der Waals surface area contributed by atoms with Gasteiger partial charge in [-0.2, -0.15) is 0 Å². The van der Waals surface area contributed by atoms with Gasteiger partial charge in [-0.25, -0.2) is 8.42 Å². The summed E-state index contributed by atoms with van der Waals surface area (Å²) < 4.78 is 28.0. The minimum Gasteiger partial charge on any atom is -0.378 e. The molecule has 1 rings (SSSR count). The lowest BCUT2D eigenvalue weighted by Crippen LogP contribution is -2.73. The van der Waals surface area contributed by atoms with Gasteiger partial charge in [-0.15, -0.1) is 0 Å². The summed E-state index contributed by atoms with van der Waals surface area (Å²) in [4.78, 5) is 2.00. The van der Waals surface area contributed by atoms with Crippen molar-refractivity contribution in [1.29, 1.82) is 0 Å². The Labute approximate surface area is 117 Å². The molecule has 0 radical (unpaired) electrons. The predicted octanol–water partition coefficient (Wildman–Crippen LogP) is 0.495. The maximum atomic E-state index is 11.2. The zero-order chi connectivity index (χ0) is 14.9. The van der Waals surface area contributed by atoms with Crippen LogP contribution in [-0.4, -0.2) is 63.7 Å². The lowest BCUT2D eigenvalue weighted by Gasteiger charge is -2.60. The molecule has 1 aliphatic rings. The minimum atomic E-state index is -2.92. The number of sulfone groups is 1. The molecule has 114 valence electrons. The number of rotatable bonds is 7. The molecule has 0 aliphatic heterocycles. The van der Waals surface area contributed by atoms with E-state index in [2.05, 4.69) is 13.8 Å². The Kier molecular flexibility index (Phi) is 5.04. The molecular formula is C13H28N2O3S. The van der Waals surface area contributed by atoms with Gasteiger partial charge in [-0.1, -0.05) is 13.8 Å². The second-order valence-electron chi connectivity index (χ2n) is 6.39. The first kappa shape index (κ1) is 16.9. The van der Waals surface area contributed by atoms with Gasteiger partial charge in [-0.3, -0.25) is 0 Å². The number of ether oxygens (including phenoxy) is 1. The van der Waals surface area contributed by atoms with E-state index in [0.717, 1.165) is 6.42 Å². The fourth-order valence-corrected chi connectivity index (χ4v) is 3.30. The average Bonchev–Trinajstić information content (AvgIpc) is 2.25. The molecule has 1 saturated carbocycles. The second kappa shape index (κ2) is 5.68. The molecule has 0 spiro atoms. The van der Waals surface area contributed by atoms with Crippen LogP contribution in [0.4, 0.5) is 0 Å². The first-order valence-corrected chi connectivity index (χ1v) is 8.84. The summed E-state index contributed by atoms with van der Waals surface area (Å²) in [6.07, 6.45) is 2.29. The molecule has 2 N–H and O–H groups in total. The van der Waals surface area contributed by atoms with E-state index in [9.17, 15) is 8.42 Å². The largest absolute Gasteiger partial charge is 0.378 e. The minimum absolute atomic E-state index is 0.0810. The molecule has 0 bridgehead atoms. The van der Waals surface area contributed by atoms with Gasteiger partial charge in [0.1, 0.15) is 9.84 Å². The lowest BCUT2D eigenvalue weighted by molar-refractivity contribution is -0.155. The van der Waals surface area contributed by atoms with Gasteiger partial charge in [0.05, 0.1) is 11.9 Å². The molecule has 1 aliphatic carbocycles. The zero-order valence-corrected chi connectivity index (χ0v) is 13.6. The van der Waals surface area contributed by atoms with E-state index < -0.39 is 9.84 Å². The van der Waals surface area contributed by atoms with E-state index >= 15 is 0 Å². The summed E-state index contributed by atoms with van der Waals surface area (Å²) in [7, 11) is -0.998. The van der Waals surface area contributed by atoms with E-state index in [0.29, 0.717) is 19.7 Å². The Balaban J connectivity index is 2.53. The zero-order valence-electron chi connectivity index (χ0n) is 12.8. The molecule has 5 nitrogen and oxygen atoms in total. The van der Waals surface area contributed by atoms with Crippen molar-refractivity contribution in [1.82, 2.24) is 4.90 Å². The van der Waals surface area contributed by atoms with E-state index in [4.69, 9.17) is 10.5 Å². The third-order valence-electron chi connectivity index (χ3n) is 4.40. The molecule has 0 amide bonds. The lowest BCUT2D eigenvalue weighted by atomic mass is 9.54. The summed E-state index contributed by atoms with van der Waals surface area (Å²) in [6, 6.07) is 0. The highest BCUT2D eigenvalue weighted by Gasteiger charge is 2.58. The Morgan fingerprint density at radius 3 is 2.42 bits per heavy atom. The van der Waals surface area contributed by atoms with Crippen molar-refractivity contribution in [2.24, 2.45) is 11.1 Å². The van der Waals surface area contributed by atoms with Crippen LogP contribution >= 0.6 is 0 Å². The summed E-state index contributed by atoms with van der Waals surface area (Å²) in [5, 5.41) is 0. The number of hydrogen-bond donors (Lipinski definition) is 1. The van der Waals surface area contributed by atoms with Crippen LogP contribution in [0.5, 0.6) is 0 Å². The van der Waals surface area contributed by atoms with Crippen LogP contribution in [-0.2, 0) is 14.6 Å². The first-order chi connectivity index (χ1) is 8.52. The highest BCUT2D eigenvalue weighted by atomic mass is 32.2. The smallest absolute Gasteiger partial charge is 0.148 e. The average molecular weight is 292 g/mol. The topological polar surface area (TPSA) is 72.6 Å². The van der Waals surface area contributed by atoms with Crippen LogP contribution in [0.3, 0.4) is 0 Å². The monoisotopic (exact) mass is 292 g/mol. The number of nitrogens with zero attached hydrogens (tertiary/aromatic N) is 1. The molecule has 0 aromatic heterocycles. The number of nitrogens with two attached hydrogens (primary N) is 1. The van der Waals surface area contributed by atoms with Crippen LogP contribution in [0.2, 0.25) is 0 Å². The maximum Gasteiger partial charge on any atom is 0.148 e. The third kappa shape index (κ3) is 3.90. The van der Waals surface area contributed by atoms with Crippen molar-refractivity contribution in [3.63, 3.8) is 0 Å². The predicted molar refractivity (Wildman–Crippen MR) is 77.9 cm³/mol. The molecule has 19 heavy (non-hydrogen) atoms. The van der Waals surface area contributed by atoms with Gasteiger partial charge in [0.25, 0.3) is 0 Å². The number of likely N-dealkylation sites (N-methyl/N-ethyl adjacent to an activating group) is 1. The Bertz CT molecular complexity index is 408. The SMILES string of the molecule is CCOC1CC(N)(CN(C)CCS(C)(=O)=O)C1(C)C. The Morgan fingerprint density at radius 1 is 1.42 bits per heavy atom. The van der Waals surface area contributed by atoms with E-state index in [1.54, 1.807) is 0 Å². The van der Waals surface area contributed by atoms with Crippen LogP contribution < -0.4 is 5.73 Å². The molecule has 0 heterocycles. The van der Waals surface area contributed by atoms with Gasteiger partial charge in [0.2, 0.25) is 0 Å². The fraction of sp³-hybridized carbons (Fsp3) is 1.00. The highest BCUT2D eigenvalue weighted by molar-refractivity contribution is 7.90. The second-order valence-corrected chi connectivity index (χ2v) is 8.65. The van der Waals surface area contributed by atoms with E-state index in [1.807, 2.05) is 18.9 Å². The van der Waals surface area contributed by atoms with Crippen molar-refractivity contribution in [3.05, 3.63) is 0 Å². The first-order valence-electron chi connectivity index (χ1n) is 6.78. The molecule has 1 fully saturated rings. The summed E-state index contributed by atoms with van der Waals surface area (Å²) in [6.45, 7) is 8.16. The van der Waals surface area contributed by atoms with Gasteiger partial charge >= 0.3 is 0 Å². The van der Waals surface area contributed by atoms with Gasteiger partial charge in [-0.05, 0) is 20.4 Å². The quantitative estimate of drug-likeness (QED) is 0.739. The van der Waals surface area contributed by atoms with Crippen molar-refractivity contribution in [2.75, 3.05) is 38.8 Å². The molecule has 6 heteroatoms. The van der Waals surface area contributed by atoms with Crippen molar-refractivity contribution < 1.29 is 13.2 Å². The molecule has 0 aromatic rings. The standard InChI is InChI=1S/C13H28N2O3S/c1-6-18-11-9-13(14,12(11,2)3)10-15(4)7-8-19(5,16)17/h11H,6-10,14H2,1-5H3. The molecule has 2 atom stereocenters. The molecule has 2 unspecified atom stereocenters.